The molecule has 7 nitrogen and oxygen atoms in total. The number of urea groups is 1. The van der Waals surface area contributed by atoms with E-state index in [2.05, 4.69) is 5.32 Å². The third kappa shape index (κ3) is 4.22. The van der Waals surface area contributed by atoms with Crippen LogP contribution < -0.4 is 20.9 Å². The van der Waals surface area contributed by atoms with Crippen molar-refractivity contribution in [1.29, 1.82) is 0 Å². The van der Waals surface area contributed by atoms with Crippen LogP contribution in [-0.4, -0.2) is 23.7 Å². The van der Waals surface area contributed by atoms with Gasteiger partial charge in [-0.05, 0) is 24.3 Å². The molecule has 0 unspecified atom stereocenters. The molecule has 114 valence electrons. The van der Waals surface area contributed by atoms with E-state index in [9.17, 15) is 14.8 Å². The van der Waals surface area contributed by atoms with E-state index in [1.54, 1.807) is 24.3 Å². The molecule has 3 amide bonds. The van der Waals surface area contributed by atoms with Gasteiger partial charge in [0.05, 0.1) is 5.69 Å². The molecule has 4 N–H and O–H groups in total. The normalized spacial score (nSPS) is 9.86. The second-order valence-corrected chi connectivity index (χ2v) is 4.34. The van der Waals surface area contributed by atoms with Crippen LogP contribution in [-0.2, 0) is 4.79 Å². The zero-order chi connectivity index (χ0) is 15.9. The minimum absolute atomic E-state index is 0.213. The number of nitrogens with two attached hydrogens (primary N) is 1. The second kappa shape index (κ2) is 7.09. The fraction of sp³-hybridized carbons (Fsp3) is 0.0667. The summed E-state index contributed by atoms with van der Waals surface area (Å²) in [6.45, 7) is -0.407. The first-order chi connectivity index (χ1) is 10.6. The maximum absolute atomic E-state index is 11.7. The van der Waals surface area contributed by atoms with Gasteiger partial charge in [0.2, 0.25) is 0 Å². The van der Waals surface area contributed by atoms with E-state index < -0.39 is 18.5 Å². The summed E-state index contributed by atoms with van der Waals surface area (Å²) in [6.07, 6.45) is 0. The van der Waals surface area contributed by atoms with Gasteiger partial charge in [-0.15, -0.1) is 0 Å². The number of hydrogen-bond donors (Lipinski definition) is 3. The van der Waals surface area contributed by atoms with E-state index in [0.29, 0.717) is 16.6 Å². The Balaban J connectivity index is 2.07. The summed E-state index contributed by atoms with van der Waals surface area (Å²) in [7, 11) is 0. The first-order valence-electron chi connectivity index (χ1n) is 6.44. The Morgan fingerprint density at radius 2 is 1.77 bits per heavy atom. The number of amides is 3. The largest absolute Gasteiger partial charge is 0.457 e. The number of carbonyl (C=O) groups excluding carboxylic acids is 2. The lowest BCUT2D eigenvalue weighted by Gasteiger charge is -2.16. The standard InChI is InChI=1S/C15H15N3O4/c16-15(20)17-10-14(19)18(21)11-5-4-8-13(9-11)22-12-6-2-1-3-7-12/h1-9,21H,10H2,(H3,16,17,20). The predicted molar refractivity (Wildman–Crippen MR) is 79.8 cm³/mol. The number of primary amides is 1. The van der Waals surface area contributed by atoms with Crippen molar-refractivity contribution in [2.45, 2.75) is 0 Å². The SMILES string of the molecule is NC(=O)NCC(=O)N(O)c1cccc(Oc2ccccc2)c1. The number of hydroxylamine groups is 1. The van der Waals surface area contributed by atoms with Crippen LogP contribution >= 0.6 is 0 Å². The first-order valence-corrected chi connectivity index (χ1v) is 6.44. The first kappa shape index (κ1) is 15.3. The van der Waals surface area contributed by atoms with E-state index in [-0.39, 0.29) is 5.69 Å². The summed E-state index contributed by atoms with van der Waals surface area (Å²) in [5.41, 5.74) is 5.08. The number of nitrogens with one attached hydrogen (secondary N) is 1. The van der Waals surface area contributed by atoms with E-state index in [4.69, 9.17) is 10.5 Å². The fourth-order valence-electron chi connectivity index (χ4n) is 1.68. The predicted octanol–water partition coefficient (Wildman–Crippen LogP) is 1.87. The van der Waals surface area contributed by atoms with Gasteiger partial charge in [-0.3, -0.25) is 10.0 Å². The molecule has 2 aromatic rings. The lowest BCUT2D eigenvalue weighted by Crippen LogP contribution is -2.40. The summed E-state index contributed by atoms with van der Waals surface area (Å²) in [6, 6.07) is 14.6. The highest BCUT2D eigenvalue weighted by atomic mass is 16.5. The number of para-hydroxylation sites is 1. The molecule has 2 aromatic carbocycles. The van der Waals surface area contributed by atoms with Crippen molar-refractivity contribution in [2.75, 3.05) is 11.6 Å². The van der Waals surface area contributed by atoms with Crippen molar-refractivity contribution in [1.82, 2.24) is 5.32 Å². The molecule has 22 heavy (non-hydrogen) atoms. The third-order valence-electron chi connectivity index (χ3n) is 2.69. The van der Waals surface area contributed by atoms with Crippen LogP contribution in [0.25, 0.3) is 0 Å². The van der Waals surface area contributed by atoms with Crippen LogP contribution in [0.1, 0.15) is 0 Å². The third-order valence-corrected chi connectivity index (χ3v) is 2.69. The highest BCUT2D eigenvalue weighted by Crippen LogP contribution is 2.25. The van der Waals surface area contributed by atoms with Gasteiger partial charge < -0.3 is 15.8 Å². The number of carbonyl (C=O) groups is 2. The number of hydrogen-bond acceptors (Lipinski definition) is 4. The van der Waals surface area contributed by atoms with E-state index >= 15 is 0 Å². The number of rotatable bonds is 5. The van der Waals surface area contributed by atoms with Gasteiger partial charge >= 0.3 is 6.03 Å². The van der Waals surface area contributed by atoms with Crippen molar-refractivity contribution in [3.63, 3.8) is 0 Å². The molecular weight excluding hydrogens is 286 g/mol. The van der Waals surface area contributed by atoms with Crippen molar-refractivity contribution in [3.05, 3.63) is 54.6 Å². The molecule has 0 heterocycles. The van der Waals surface area contributed by atoms with E-state index in [0.717, 1.165) is 0 Å². The second-order valence-electron chi connectivity index (χ2n) is 4.34. The molecule has 0 fully saturated rings. The summed E-state index contributed by atoms with van der Waals surface area (Å²) in [4.78, 5) is 22.2. The van der Waals surface area contributed by atoms with E-state index in [1.165, 1.54) is 12.1 Å². The van der Waals surface area contributed by atoms with Gasteiger partial charge in [-0.25, -0.2) is 4.79 Å². The number of benzene rings is 2. The summed E-state index contributed by atoms with van der Waals surface area (Å²) in [5, 5.41) is 12.4. The Bertz CT molecular complexity index is 661. The van der Waals surface area contributed by atoms with Crippen LogP contribution in [0.2, 0.25) is 0 Å². The van der Waals surface area contributed by atoms with Crippen LogP contribution in [0.15, 0.2) is 54.6 Å². The molecule has 0 saturated carbocycles. The molecule has 0 aliphatic heterocycles. The average Bonchev–Trinajstić information content (AvgIpc) is 2.53. The maximum Gasteiger partial charge on any atom is 0.312 e. The fourth-order valence-corrected chi connectivity index (χ4v) is 1.68. The van der Waals surface area contributed by atoms with Gasteiger partial charge in [0.25, 0.3) is 5.91 Å². The van der Waals surface area contributed by atoms with Gasteiger partial charge in [0.1, 0.15) is 18.0 Å². The average molecular weight is 301 g/mol. The molecule has 0 saturated heterocycles. The minimum atomic E-state index is -0.845. The molecule has 0 atom stereocenters. The van der Waals surface area contributed by atoms with Crippen LogP contribution in [0.5, 0.6) is 11.5 Å². The van der Waals surface area contributed by atoms with Crippen molar-refractivity contribution >= 4 is 17.6 Å². The molecule has 0 spiro atoms. The van der Waals surface area contributed by atoms with Gasteiger partial charge in [0.15, 0.2) is 0 Å². The quantitative estimate of drug-likeness (QED) is 0.579. The zero-order valence-corrected chi connectivity index (χ0v) is 11.6. The zero-order valence-electron chi connectivity index (χ0n) is 11.6. The summed E-state index contributed by atoms with van der Waals surface area (Å²) < 4.78 is 5.61. The van der Waals surface area contributed by atoms with Gasteiger partial charge in [0, 0.05) is 6.07 Å². The van der Waals surface area contributed by atoms with Crippen molar-refractivity contribution < 1.29 is 19.5 Å². The Labute approximate surface area is 126 Å². The molecule has 0 aliphatic rings. The van der Waals surface area contributed by atoms with Crippen LogP contribution in [0.3, 0.4) is 0 Å². The van der Waals surface area contributed by atoms with Crippen molar-refractivity contribution in [2.24, 2.45) is 5.73 Å². The Kier molecular flexibility index (Phi) is 4.94. The lowest BCUT2D eigenvalue weighted by molar-refractivity contribution is -0.122. The van der Waals surface area contributed by atoms with Gasteiger partial charge in [-0.1, -0.05) is 24.3 Å². The number of ether oxygens (including phenoxy) is 1. The Morgan fingerprint density at radius 1 is 1.09 bits per heavy atom. The number of nitrogens with zero attached hydrogens (tertiary/aromatic N) is 1. The molecule has 7 heteroatoms. The van der Waals surface area contributed by atoms with Crippen LogP contribution in [0, 0.1) is 0 Å². The van der Waals surface area contributed by atoms with Gasteiger partial charge in [-0.2, -0.15) is 5.06 Å². The highest BCUT2D eigenvalue weighted by molar-refractivity contribution is 5.94. The van der Waals surface area contributed by atoms with Crippen LogP contribution in [0.4, 0.5) is 10.5 Å². The lowest BCUT2D eigenvalue weighted by atomic mass is 10.3. The minimum Gasteiger partial charge on any atom is -0.457 e. The summed E-state index contributed by atoms with van der Waals surface area (Å²) >= 11 is 0. The molecule has 2 rings (SSSR count). The summed E-state index contributed by atoms with van der Waals surface area (Å²) in [5.74, 6) is 0.361. The molecule has 0 aromatic heterocycles. The smallest absolute Gasteiger partial charge is 0.312 e. The van der Waals surface area contributed by atoms with E-state index in [1.807, 2.05) is 18.2 Å². The molecular formula is C15H15N3O4. The Hall–Kier alpha value is -3.06. The molecule has 0 radical (unpaired) electrons. The highest BCUT2D eigenvalue weighted by Gasteiger charge is 2.14. The van der Waals surface area contributed by atoms with Crippen molar-refractivity contribution in [3.8, 4) is 11.5 Å². The molecule has 0 aliphatic carbocycles. The number of anilines is 1. The Morgan fingerprint density at radius 3 is 2.45 bits per heavy atom. The monoisotopic (exact) mass is 301 g/mol. The molecule has 0 bridgehead atoms. The topological polar surface area (TPSA) is 105 Å². The maximum atomic E-state index is 11.7.